The minimum atomic E-state index is -0.0695. The fourth-order valence-electron chi connectivity index (χ4n) is 2.13. The summed E-state index contributed by atoms with van der Waals surface area (Å²) in [5.74, 6) is 0.198. The van der Waals surface area contributed by atoms with E-state index in [1.54, 1.807) is 23.0 Å². The molecule has 0 aromatic carbocycles. The van der Waals surface area contributed by atoms with Crippen LogP contribution in [-0.2, 0) is 11.3 Å². The largest absolute Gasteiger partial charge is 0.358 e. The molecule has 5 nitrogen and oxygen atoms in total. The number of rotatable bonds is 6. The molecule has 0 spiro atoms. The molecule has 0 saturated heterocycles. The second-order valence-corrected chi connectivity index (χ2v) is 7.28. The summed E-state index contributed by atoms with van der Waals surface area (Å²) in [5.41, 5.74) is 1.03. The van der Waals surface area contributed by atoms with Gasteiger partial charge in [-0.25, -0.2) is 4.98 Å². The van der Waals surface area contributed by atoms with Crippen molar-refractivity contribution >= 4 is 39.2 Å². The van der Waals surface area contributed by atoms with E-state index in [4.69, 9.17) is 0 Å². The third-order valence-electron chi connectivity index (χ3n) is 3.60. The maximum atomic E-state index is 12.8. The molecular formula is C15H21N3O2S2. The Morgan fingerprint density at radius 1 is 1.41 bits per heavy atom. The number of carbonyl (C=O) groups is 1. The van der Waals surface area contributed by atoms with E-state index in [1.165, 1.54) is 11.8 Å². The highest BCUT2D eigenvalue weighted by molar-refractivity contribution is 7.99. The number of amides is 1. The molecule has 120 valence electrons. The summed E-state index contributed by atoms with van der Waals surface area (Å²) in [6.45, 7) is 6.71. The Morgan fingerprint density at radius 3 is 2.77 bits per heavy atom. The van der Waals surface area contributed by atoms with Gasteiger partial charge in [0.05, 0.1) is 11.1 Å². The van der Waals surface area contributed by atoms with E-state index >= 15 is 0 Å². The fraction of sp³-hybridized carbons (Fsp3) is 0.533. The van der Waals surface area contributed by atoms with Crippen molar-refractivity contribution in [3.05, 3.63) is 20.8 Å². The lowest BCUT2D eigenvalue weighted by Crippen LogP contribution is -2.25. The summed E-state index contributed by atoms with van der Waals surface area (Å²) in [6, 6.07) is 0. The first-order valence-electron chi connectivity index (χ1n) is 7.33. The van der Waals surface area contributed by atoms with E-state index in [0.29, 0.717) is 11.7 Å². The van der Waals surface area contributed by atoms with Crippen LogP contribution < -0.4 is 10.9 Å². The van der Waals surface area contributed by atoms with Crippen molar-refractivity contribution in [3.63, 3.8) is 0 Å². The number of unbranched alkanes of at least 4 members (excludes halogenated alkanes) is 1. The number of nitrogens with zero attached hydrogens (tertiary/aromatic N) is 2. The molecule has 1 amide bonds. The zero-order chi connectivity index (χ0) is 16.3. The van der Waals surface area contributed by atoms with Crippen molar-refractivity contribution < 1.29 is 4.79 Å². The summed E-state index contributed by atoms with van der Waals surface area (Å²) in [5, 5.41) is 3.95. The lowest BCUT2D eigenvalue weighted by Gasteiger charge is -2.11. The van der Waals surface area contributed by atoms with Crippen LogP contribution in [0.1, 0.15) is 30.2 Å². The predicted octanol–water partition coefficient (Wildman–Crippen LogP) is 2.71. The van der Waals surface area contributed by atoms with Crippen LogP contribution >= 0.6 is 23.1 Å². The van der Waals surface area contributed by atoms with E-state index in [1.807, 2.05) is 13.8 Å². The fourth-order valence-corrected chi connectivity index (χ4v) is 4.10. The van der Waals surface area contributed by atoms with Gasteiger partial charge in [-0.1, -0.05) is 25.1 Å². The number of fused-ring (bicyclic) bond motifs is 1. The Hall–Kier alpha value is -1.34. The molecule has 0 aliphatic carbocycles. The minimum Gasteiger partial charge on any atom is -0.358 e. The van der Waals surface area contributed by atoms with Gasteiger partial charge in [-0.2, -0.15) is 0 Å². The van der Waals surface area contributed by atoms with Crippen LogP contribution in [0.25, 0.3) is 10.2 Å². The van der Waals surface area contributed by atoms with E-state index in [2.05, 4.69) is 17.2 Å². The van der Waals surface area contributed by atoms with E-state index in [0.717, 1.165) is 33.5 Å². The molecule has 7 heteroatoms. The van der Waals surface area contributed by atoms with Gasteiger partial charge in [0.15, 0.2) is 5.16 Å². The highest BCUT2D eigenvalue weighted by atomic mass is 32.2. The Kier molecular flexibility index (Phi) is 5.63. The molecule has 0 saturated carbocycles. The summed E-state index contributed by atoms with van der Waals surface area (Å²) < 4.78 is 1.72. The molecule has 0 aliphatic heterocycles. The van der Waals surface area contributed by atoms with Crippen molar-refractivity contribution in [2.24, 2.45) is 0 Å². The van der Waals surface area contributed by atoms with Gasteiger partial charge in [0, 0.05) is 18.5 Å². The molecule has 0 radical (unpaired) electrons. The predicted molar refractivity (Wildman–Crippen MR) is 93.1 cm³/mol. The standard InChI is InChI=1S/C15H21N3O2S2/c1-5-6-7-18-14(20)12-9(2)10(3)22-13(12)17-15(18)21-8-11(19)16-4/h5-8H2,1-4H3,(H,16,19). The molecule has 0 fully saturated rings. The van der Waals surface area contributed by atoms with Crippen LogP contribution in [0.15, 0.2) is 9.95 Å². The zero-order valence-electron chi connectivity index (χ0n) is 13.4. The lowest BCUT2D eigenvalue weighted by molar-refractivity contribution is -0.118. The quantitative estimate of drug-likeness (QED) is 0.649. The number of hydrogen-bond acceptors (Lipinski definition) is 5. The van der Waals surface area contributed by atoms with Gasteiger partial charge in [0.1, 0.15) is 4.83 Å². The first-order chi connectivity index (χ1) is 10.5. The van der Waals surface area contributed by atoms with Gasteiger partial charge in [-0.3, -0.25) is 14.2 Å². The monoisotopic (exact) mass is 339 g/mol. The van der Waals surface area contributed by atoms with Crippen LogP contribution in [0.2, 0.25) is 0 Å². The molecule has 0 bridgehead atoms. The number of aryl methyl sites for hydroxylation is 2. The number of nitrogens with one attached hydrogen (secondary N) is 1. The molecule has 0 unspecified atom stereocenters. The lowest BCUT2D eigenvalue weighted by atomic mass is 10.2. The molecule has 2 aromatic heterocycles. The van der Waals surface area contributed by atoms with Crippen molar-refractivity contribution in [3.8, 4) is 0 Å². The molecule has 2 rings (SSSR count). The number of carbonyl (C=O) groups excluding carboxylic acids is 1. The smallest absolute Gasteiger partial charge is 0.263 e. The zero-order valence-corrected chi connectivity index (χ0v) is 15.0. The van der Waals surface area contributed by atoms with Crippen molar-refractivity contribution in [2.75, 3.05) is 12.8 Å². The molecular weight excluding hydrogens is 318 g/mol. The maximum absolute atomic E-state index is 12.8. The molecule has 2 aromatic rings. The Morgan fingerprint density at radius 2 is 2.14 bits per heavy atom. The first-order valence-corrected chi connectivity index (χ1v) is 9.13. The van der Waals surface area contributed by atoms with Crippen LogP contribution in [0.4, 0.5) is 0 Å². The second kappa shape index (κ2) is 7.28. The highest BCUT2D eigenvalue weighted by Gasteiger charge is 2.17. The van der Waals surface area contributed by atoms with E-state index in [9.17, 15) is 9.59 Å². The van der Waals surface area contributed by atoms with Crippen LogP contribution in [0.3, 0.4) is 0 Å². The average molecular weight is 339 g/mol. The Bertz CT molecular complexity index is 749. The van der Waals surface area contributed by atoms with Crippen LogP contribution in [0, 0.1) is 13.8 Å². The van der Waals surface area contributed by atoms with Gasteiger partial charge in [0.25, 0.3) is 5.56 Å². The number of thiophene rings is 1. The Labute approximate surface area is 138 Å². The Balaban J connectivity index is 2.52. The second-order valence-electron chi connectivity index (χ2n) is 5.13. The number of thioether (sulfide) groups is 1. The first kappa shape index (κ1) is 17.0. The van der Waals surface area contributed by atoms with Gasteiger partial charge in [-0.15, -0.1) is 11.3 Å². The van der Waals surface area contributed by atoms with Crippen molar-refractivity contribution in [2.45, 2.75) is 45.3 Å². The summed E-state index contributed by atoms with van der Waals surface area (Å²) in [6.07, 6.45) is 1.93. The van der Waals surface area contributed by atoms with Gasteiger partial charge in [0.2, 0.25) is 5.91 Å². The van der Waals surface area contributed by atoms with E-state index < -0.39 is 0 Å². The van der Waals surface area contributed by atoms with Gasteiger partial charge in [-0.05, 0) is 25.8 Å². The molecule has 1 N–H and O–H groups in total. The normalized spacial score (nSPS) is 11.1. The molecule has 0 atom stereocenters. The van der Waals surface area contributed by atoms with Crippen molar-refractivity contribution in [1.82, 2.24) is 14.9 Å². The number of hydrogen-bond donors (Lipinski definition) is 1. The van der Waals surface area contributed by atoms with Crippen LogP contribution in [0.5, 0.6) is 0 Å². The van der Waals surface area contributed by atoms with Crippen LogP contribution in [-0.4, -0.2) is 28.3 Å². The van der Waals surface area contributed by atoms with Gasteiger partial charge >= 0.3 is 0 Å². The average Bonchev–Trinajstić information content (AvgIpc) is 2.79. The third kappa shape index (κ3) is 3.35. The SMILES string of the molecule is CCCCn1c(SCC(=O)NC)nc2sc(C)c(C)c2c1=O. The van der Waals surface area contributed by atoms with Gasteiger partial charge < -0.3 is 5.32 Å². The summed E-state index contributed by atoms with van der Waals surface area (Å²) in [7, 11) is 1.61. The topological polar surface area (TPSA) is 64.0 Å². The minimum absolute atomic E-state index is 0.0136. The van der Waals surface area contributed by atoms with Crippen molar-refractivity contribution in [1.29, 1.82) is 0 Å². The maximum Gasteiger partial charge on any atom is 0.263 e. The molecule has 2 heterocycles. The number of aromatic nitrogens is 2. The molecule has 22 heavy (non-hydrogen) atoms. The molecule has 0 aliphatic rings. The van der Waals surface area contributed by atoms with E-state index in [-0.39, 0.29) is 17.2 Å². The highest BCUT2D eigenvalue weighted by Crippen LogP contribution is 2.28. The summed E-state index contributed by atoms with van der Waals surface area (Å²) >= 11 is 2.86. The summed E-state index contributed by atoms with van der Waals surface area (Å²) in [4.78, 5) is 30.8. The third-order valence-corrected chi connectivity index (χ3v) is 5.68.